The maximum atomic E-state index is 13.7. The van der Waals surface area contributed by atoms with Crippen LogP contribution in [0.2, 0.25) is 5.02 Å². The number of carbonyl (C=O) groups excluding carboxylic acids is 1. The Labute approximate surface area is 164 Å². The van der Waals surface area contributed by atoms with Crippen LogP contribution in [-0.2, 0) is 5.75 Å². The average molecular weight is 405 g/mol. The number of halogens is 2. The number of esters is 1. The van der Waals surface area contributed by atoms with E-state index < -0.39 is 5.97 Å². The van der Waals surface area contributed by atoms with Crippen LogP contribution in [0.1, 0.15) is 16.1 Å². The van der Waals surface area contributed by atoms with Gasteiger partial charge in [-0.2, -0.15) is 0 Å². The van der Waals surface area contributed by atoms with E-state index >= 15 is 0 Å². The Bertz CT molecular complexity index is 954. The van der Waals surface area contributed by atoms with Gasteiger partial charge in [0.1, 0.15) is 17.3 Å². The summed E-state index contributed by atoms with van der Waals surface area (Å²) < 4.78 is 24.0. The minimum absolute atomic E-state index is 0.0569. The number of hydrogen-bond acceptors (Lipinski definition) is 6. The van der Waals surface area contributed by atoms with Crippen LogP contribution in [0.5, 0.6) is 11.5 Å². The molecule has 0 amide bonds. The van der Waals surface area contributed by atoms with E-state index in [4.69, 9.17) is 21.1 Å². The minimum Gasteiger partial charge on any atom is -0.497 e. The molecule has 3 rings (SSSR count). The molecule has 1 heterocycles. The van der Waals surface area contributed by atoms with Gasteiger partial charge in [0.15, 0.2) is 10.9 Å². The lowest BCUT2D eigenvalue weighted by molar-refractivity contribution is 0.0727. The molecule has 0 atom stereocenters. The van der Waals surface area contributed by atoms with E-state index in [1.807, 2.05) is 0 Å². The van der Waals surface area contributed by atoms with Gasteiger partial charge in [0, 0.05) is 5.75 Å². The lowest BCUT2D eigenvalue weighted by atomic mass is 10.2. The van der Waals surface area contributed by atoms with Gasteiger partial charge in [-0.05, 0) is 35.9 Å². The molecule has 0 saturated heterocycles. The van der Waals surface area contributed by atoms with Crippen LogP contribution >= 0.6 is 23.4 Å². The molecule has 27 heavy (non-hydrogen) atoms. The second-order valence-corrected chi connectivity index (χ2v) is 6.64. The molecule has 0 radical (unpaired) electrons. The third-order valence-electron chi connectivity index (χ3n) is 3.50. The SMILES string of the molecule is COc1ccc(OC(=O)c2nc(SCc3ccccc3F)ncc2Cl)cc1. The first-order valence-corrected chi connectivity index (χ1v) is 9.18. The van der Waals surface area contributed by atoms with Crippen LogP contribution in [0.4, 0.5) is 4.39 Å². The van der Waals surface area contributed by atoms with E-state index in [0.717, 1.165) is 0 Å². The van der Waals surface area contributed by atoms with Crippen molar-refractivity contribution < 1.29 is 18.7 Å². The molecule has 138 valence electrons. The quantitative estimate of drug-likeness (QED) is 0.255. The van der Waals surface area contributed by atoms with E-state index in [1.54, 1.807) is 49.6 Å². The van der Waals surface area contributed by atoms with Gasteiger partial charge in [-0.3, -0.25) is 0 Å². The lowest BCUT2D eigenvalue weighted by Gasteiger charge is -2.07. The second kappa shape index (κ2) is 8.83. The molecule has 2 aromatic carbocycles. The number of aromatic nitrogens is 2. The first-order valence-electron chi connectivity index (χ1n) is 7.82. The van der Waals surface area contributed by atoms with Gasteiger partial charge in [-0.25, -0.2) is 19.2 Å². The van der Waals surface area contributed by atoms with Crippen molar-refractivity contribution in [3.63, 3.8) is 0 Å². The zero-order valence-electron chi connectivity index (χ0n) is 14.2. The number of carbonyl (C=O) groups is 1. The van der Waals surface area contributed by atoms with Gasteiger partial charge in [0.2, 0.25) is 0 Å². The minimum atomic E-state index is -0.708. The molecular formula is C19H14ClFN2O3S. The Morgan fingerprint density at radius 2 is 1.85 bits per heavy atom. The fraction of sp³-hybridized carbons (Fsp3) is 0.105. The Balaban J connectivity index is 1.72. The topological polar surface area (TPSA) is 61.3 Å². The van der Waals surface area contributed by atoms with Gasteiger partial charge >= 0.3 is 5.97 Å². The third-order valence-corrected chi connectivity index (χ3v) is 4.69. The normalized spacial score (nSPS) is 10.5. The van der Waals surface area contributed by atoms with Crippen molar-refractivity contribution in [2.24, 2.45) is 0 Å². The van der Waals surface area contributed by atoms with Crippen molar-refractivity contribution in [3.8, 4) is 11.5 Å². The number of thioether (sulfide) groups is 1. The first-order chi connectivity index (χ1) is 13.1. The molecule has 0 fully saturated rings. The second-order valence-electron chi connectivity index (χ2n) is 5.29. The largest absolute Gasteiger partial charge is 0.497 e. The molecule has 0 N–H and O–H groups in total. The number of rotatable bonds is 6. The van der Waals surface area contributed by atoms with E-state index in [9.17, 15) is 9.18 Å². The molecule has 0 unspecified atom stereocenters. The molecule has 3 aromatic rings. The summed E-state index contributed by atoms with van der Waals surface area (Å²) in [6.45, 7) is 0. The maximum Gasteiger partial charge on any atom is 0.364 e. The van der Waals surface area contributed by atoms with Gasteiger partial charge in [-0.1, -0.05) is 41.6 Å². The van der Waals surface area contributed by atoms with E-state index in [-0.39, 0.29) is 16.5 Å². The van der Waals surface area contributed by atoms with Crippen molar-refractivity contribution in [3.05, 3.63) is 76.8 Å². The molecule has 0 bridgehead atoms. The van der Waals surface area contributed by atoms with E-state index in [1.165, 1.54) is 24.0 Å². The highest BCUT2D eigenvalue weighted by atomic mass is 35.5. The summed E-state index contributed by atoms with van der Waals surface area (Å²) in [6.07, 6.45) is 1.32. The smallest absolute Gasteiger partial charge is 0.364 e. The fourth-order valence-electron chi connectivity index (χ4n) is 2.12. The summed E-state index contributed by atoms with van der Waals surface area (Å²) in [5, 5.41) is 0.369. The molecule has 5 nitrogen and oxygen atoms in total. The Morgan fingerprint density at radius 3 is 2.56 bits per heavy atom. The van der Waals surface area contributed by atoms with Gasteiger partial charge in [0.05, 0.1) is 18.3 Å². The fourth-order valence-corrected chi connectivity index (χ4v) is 3.09. The van der Waals surface area contributed by atoms with Gasteiger partial charge in [-0.15, -0.1) is 0 Å². The Hall–Kier alpha value is -2.64. The van der Waals surface area contributed by atoms with Crippen molar-refractivity contribution in [2.45, 2.75) is 10.9 Å². The maximum absolute atomic E-state index is 13.7. The van der Waals surface area contributed by atoms with Crippen molar-refractivity contribution >= 4 is 29.3 Å². The molecule has 0 aliphatic carbocycles. The van der Waals surface area contributed by atoms with E-state index in [2.05, 4.69) is 9.97 Å². The van der Waals surface area contributed by atoms with Crippen LogP contribution in [-0.4, -0.2) is 23.0 Å². The van der Waals surface area contributed by atoms with Crippen LogP contribution in [0.25, 0.3) is 0 Å². The van der Waals surface area contributed by atoms with Crippen LogP contribution in [0, 0.1) is 5.82 Å². The summed E-state index contributed by atoms with van der Waals surface area (Å²) in [6, 6.07) is 13.0. The zero-order chi connectivity index (χ0) is 19.2. The highest BCUT2D eigenvalue weighted by molar-refractivity contribution is 7.98. The number of nitrogens with zero attached hydrogens (tertiary/aromatic N) is 2. The number of hydrogen-bond donors (Lipinski definition) is 0. The third kappa shape index (κ3) is 4.96. The number of benzene rings is 2. The van der Waals surface area contributed by atoms with Crippen molar-refractivity contribution in [1.29, 1.82) is 0 Å². The molecule has 0 saturated carbocycles. The number of ether oxygens (including phenoxy) is 2. The van der Waals surface area contributed by atoms with Crippen molar-refractivity contribution in [1.82, 2.24) is 9.97 Å². The molecular weight excluding hydrogens is 391 g/mol. The molecule has 0 aliphatic heterocycles. The van der Waals surface area contributed by atoms with Crippen LogP contribution < -0.4 is 9.47 Å². The highest BCUT2D eigenvalue weighted by Crippen LogP contribution is 2.24. The molecule has 1 aromatic heterocycles. The predicted octanol–water partition coefficient (Wildman–Crippen LogP) is 4.79. The zero-order valence-corrected chi connectivity index (χ0v) is 15.8. The molecule has 0 aliphatic rings. The average Bonchev–Trinajstić information content (AvgIpc) is 2.69. The standard InChI is InChI=1S/C19H14ClFN2O3S/c1-25-13-6-8-14(9-7-13)26-18(24)17-15(20)10-22-19(23-17)27-11-12-4-2-3-5-16(12)21/h2-10H,11H2,1H3. The Morgan fingerprint density at radius 1 is 1.15 bits per heavy atom. The summed E-state index contributed by atoms with van der Waals surface area (Å²) in [5.41, 5.74) is 0.460. The van der Waals surface area contributed by atoms with Crippen LogP contribution in [0.15, 0.2) is 59.9 Å². The van der Waals surface area contributed by atoms with Crippen molar-refractivity contribution in [2.75, 3.05) is 7.11 Å². The predicted molar refractivity (Wildman–Crippen MR) is 101 cm³/mol. The summed E-state index contributed by atoms with van der Waals surface area (Å²) in [5.74, 6) is 0.275. The summed E-state index contributed by atoms with van der Waals surface area (Å²) >= 11 is 7.23. The highest BCUT2D eigenvalue weighted by Gasteiger charge is 2.17. The Kier molecular flexibility index (Phi) is 6.26. The first kappa shape index (κ1) is 19.1. The summed E-state index contributed by atoms with van der Waals surface area (Å²) in [7, 11) is 1.54. The van der Waals surface area contributed by atoms with E-state index in [0.29, 0.717) is 28.0 Å². The number of methoxy groups -OCH3 is 1. The van der Waals surface area contributed by atoms with Crippen LogP contribution in [0.3, 0.4) is 0 Å². The summed E-state index contributed by atoms with van der Waals surface area (Å²) in [4.78, 5) is 20.6. The monoisotopic (exact) mass is 404 g/mol. The van der Waals surface area contributed by atoms with Gasteiger partial charge < -0.3 is 9.47 Å². The lowest BCUT2D eigenvalue weighted by Crippen LogP contribution is -2.12. The molecule has 8 heteroatoms. The molecule has 0 spiro atoms. The van der Waals surface area contributed by atoms with Gasteiger partial charge in [0.25, 0.3) is 0 Å².